The van der Waals surface area contributed by atoms with E-state index in [0.29, 0.717) is 0 Å². The molecule has 0 bridgehead atoms. The Balaban J connectivity index is 2.15. The normalized spacial score (nSPS) is 11.4. The number of amides is 1. The van der Waals surface area contributed by atoms with Crippen LogP contribution in [0.1, 0.15) is 38.3 Å². The number of nitro groups is 1. The number of carbonyl (C=O) groups excluding carboxylic acids is 2. The third kappa shape index (κ3) is 8.49. The Morgan fingerprint density at radius 1 is 1.24 bits per heavy atom. The van der Waals surface area contributed by atoms with Gasteiger partial charge in [0.15, 0.2) is 6.20 Å². The van der Waals surface area contributed by atoms with Crippen LogP contribution in [0.5, 0.6) is 5.75 Å². The van der Waals surface area contributed by atoms with E-state index < -0.39 is 28.6 Å². The molecule has 0 spiro atoms. The highest BCUT2D eigenvalue weighted by Gasteiger charge is 2.25. The Hall–Kier alpha value is -4.13. The van der Waals surface area contributed by atoms with E-state index in [1.165, 1.54) is 13.3 Å². The molecule has 0 saturated heterocycles. The van der Waals surface area contributed by atoms with Crippen molar-refractivity contribution in [3.05, 3.63) is 63.8 Å². The zero-order valence-electron chi connectivity index (χ0n) is 18.8. The van der Waals surface area contributed by atoms with E-state index in [1.54, 1.807) is 32.9 Å². The molecule has 1 N–H and O–H groups in total. The Bertz CT molecular complexity index is 1050. The number of aromatic nitrogens is 1. The van der Waals surface area contributed by atoms with Crippen molar-refractivity contribution >= 4 is 17.9 Å². The summed E-state index contributed by atoms with van der Waals surface area (Å²) >= 11 is 0. The van der Waals surface area contributed by atoms with Crippen LogP contribution >= 0.6 is 0 Å². The number of carbonyl (C=O) groups is 2. The molecule has 0 aliphatic heterocycles. The maximum Gasteiger partial charge on any atom is 0.408 e. The minimum Gasteiger partial charge on any atom is -0.495 e. The van der Waals surface area contributed by atoms with Crippen LogP contribution in [0.2, 0.25) is 0 Å². The number of ether oxygens (including phenoxy) is 3. The topological polar surface area (TPSA) is 130 Å². The summed E-state index contributed by atoms with van der Waals surface area (Å²) in [6, 6.07) is 9.12. The van der Waals surface area contributed by atoms with Gasteiger partial charge in [-0.25, -0.2) is 9.59 Å². The van der Waals surface area contributed by atoms with Gasteiger partial charge < -0.3 is 29.6 Å². The van der Waals surface area contributed by atoms with E-state index in [4.69, 9.17) is 14.2 Å². The number of methoxy groups -OCH3 is 1. The summed E-state index contributed by atoms with van der Waals surface area (Å²) in [5, 5.41) is 13.3. The number of alkyl carbamates (subject to hydrolysis) is 1. The average Bonchev–Trinajstić information content (AvgIpc) is 2.76. The average molecular weight is 455 g/mol. The minimum atomic E-state index is -1.10. The Kier molecular flexibility index (Phi) is 8.74. The van der Waals surface area contributed by atoms with E-state index in [2.05, 4.69) is 22.1 Å². The van der Waals surface area contributed by atoms with Crippen LogP contribution in [0.15, 0.2) is 42.6 Å². The first-order valence-corrected chi connectivity index (χ1v) is 9.96. The van der Waals surface area contributed by atoms with E-state index in [1.807, 2.05) is 18.2 Å². The number of pyridine rings is 1. The van der Waals surface area contributed by atoms with Gasteiger partial charge in [0.2, 0.25) is 0 Å². The highest BCUT2D eigenvalue weighted by Crippen LogP contribution is 2.21. The molecule has 1 aromatic carbocycles. The maximum absolute atomic E-state index is 12.6. The molecule has 10 heteroatoms. The number of benzene rings is 1. The van der Waals surface area contributed by atoms with Crippen LogP contribution in [0, 0.1) is 22.0 Å². The summed E-state index contributed by atoms with van der Waals surface area (Å²) in [7, 11) is 1.35. The zero-order chi connectivity index (χ0) is 24.4. The van der Waals surface area contributed by atoms with Gasteiger partial charge in [-0.15, -0.1) is 0 Å². The molecule has 0 aliphatic carbocycles. The molecule has 0 fully saturated rings. The standard InChI is InChI=1S/C23H25N3O7/c1-23(2,3)33-22(28)25-18(21(27)32-15-16-9-6-5-7-10-16)12-8-11-17-14-24-20(26(29)30)13-19(17)31-4/h5-7,9-10,13-14,18H,12,15H2,1-4H3,(H,25,28). The molecule has 1 atom stereocenters. The first kappa shape index (κ1) is 25.1. The first-order chi connectivity index (χ1) is 15.6. The number of rotatable bonds is 7. The van der Waals surface area contributed by atoms with Gasteiger partial charge in [0.05, 0.1) is 13.2 Å². The first-order valence-electron chi connectivity index (χ1n) is 9.96. The van der Waals surface area contributed by atoms with Crippen molar-refractivity contribution in [1.29, 1.82) is 0 Å². The second kappa shape index (κ2) is 11.5. The van der Waals surface area contributed by atoms with Crippen LogP contribution < -0.4 is 10.1 Å². The summed E-state index contributed by atoms with van der Waals surface area (Å²) < 4.78 is 15.7. The molecule has 0 radical (unpaired) electrons. The largest absolute Gasteiger partial charge is 0.495 e. The van der Waals surface area contributed by atoms with Crippen LogP contribution in [0.25, 0.3) is 0 Å². The minimum absolute atomic E-state index is 0.0275. The van der Waals surface area contributed by atoms with E-state index in [-0.39, 0.29) is 30.2 Å². The summed E-state index contributed by atoms with van der Waals surface area (Å²) in [4.78, 5) is 38.8. The predicted molar refractivity (Wildman–Crippen MR) is 118 cm³/mol. The Morgan fingerprint density at radius 3 is 2.55 bits per heavy atom. The number of nitrogens with one attached hydrogen (secondary N) is 1. The quantitative estimate of drug-likeness (QED) is 0.291. The number of hydrogen-bond donors (Lipinski definition) is 1. The third-order valence-electron chi connectivity index (χ3n) is 3.99. The predicted octanol–water partition coefficient (Wildman–Crippen LogP) is 3.38. The van der Waals surface area contributed by atoms with E-state index >= 15 is 0 Å². The van der Waals surface area contributed by atoms with Crippen LogP contribution in [-0.4, -0.2) is 40.7 Å². The van der Waals surface area contributed by atoms with Gasteiger partial charge in [-0.3, -0.25) is 0 Å². The fourth-order valence-electron chi connectivity index (χ4n) is 2.51. The van der Waals surface area contributed by atoms with Crippen molar-refractivity contribution in [3.8, 4) is 17.6 Å². The summed E-state index contributed by atoms with van der Waals surface area (Å²) in [5.41, 5.74) is 0.317. The van der Waals surface area contributed by atoms with Gasteiger partial charge in [0, 0.05) is 6.42 Å². The third-order valence-corrected chi connectivity index (χ3v) is 3.99. The Labute approximate surface area is 191 Å². The summed E-state index contributed by atoms with van der Waals surface area (Å²) in [6.07, 6.45) is 0.307. The molecular weight excluding hydrogens is 430 g/mol. The van der Waals surface area contributed by atoms with Gasteiger partial charge in [-0.2, -0.15) is 0 Å². The van der Waals surface area contributed by atoms with Crippen molar-refractivity contribution in [2.45, 2.75) is 45.4 Å². The lowest BCUT2D eigenvalue weighted by Gasteiger charge is -2.22. The highest BCUT2D eigenvalue weighted by molar-refractivity contribution is 5.81. The molecule has 10 nitrogen and oxygen atoms in total. The highest BCUT2D eigenvalue weighted by atomic mass is 16.6. The number of esters is 1. The molecule has 0 saturated carbocycles. The lowest BCUT2D eigenvalue weighted by molar-refractivity contribution is -0.389. The zero-order valence-corrected chi connectivity index (χ0v) is 18.8. The van der Waals surface area contributed by atoms with Gasteiger partial charge in [0.1, 0.15) is 29.6 Å². The molecule has 1 unspecified atom stereocenters. The van der Waals surface area contributed by atoms with Crippen LogP contribution in [0.4, 0.5) is 10.6 Å². The van der Waals surface area contributed by atoms with Crippen molar-refractivity contribution < 1.29 is 28.7 Å². The maximum atomic E-state index is 12.6. The van der Waals surface area contributed by atoms with Crippen molar-refractivity contribution in [1.82, 2.24) is 10.3 Å². The summed E-state index contributed by atoms with van der Waals surface area (Å²) in [6.45, 7) is 5.12. The van der Waals surface area contributed by atoms with Crippen molar-refractivity contribution in [2.24, 2.45) is 0 Å². The molecule has 1 heterocycles. The van der Waals surface area contributed by atoms with Gasteiger partial charge >= 0.3 is 17.9 Å². The number of nitrogens with zero attached hydrogens (tertiary/aromatic N) is 2. The lowest BCUT2D eigenvalue weighted by atomic mass is 10.2. The second-order valence-corrected chi connectivity index (χ2v) is 7.80. The number of hydrogen-bond acceptors (Lipinski definition) is 8. The monoisotopic (exact) mass is 455 g/mol. The lowest BCUT2D eigenvalue weighted by Crippen LogP contribution is -2.44. The SMILES string of the molecule is COc1cc([N+](=O)[O-])ncc1C#CCC(NC(=O)OC(C)(C)C)C(=O)OCc1ccccc1. The molecule has 174 valence electrons. The second-order valence-electron chi connectivity index (χ2n) is 7.80. The van der Waals surface area contributed by atoms with Crippen LogP contribution in [0.3, 0.4) is 0 Å². The van der Waals surface area contributed by atoms with Gasteiger partial charge in [-0.05, 0) is 36.2 Å². The fraction of sp³-hybridized carbons (Fsp3) is 0.348. The molecular formula is C23H25N3O7. The molecule has 2 aromatic rings. The van der Waals surface area contributed by atoms with E-state index in [0.717, 1.165) is 11.6 Å². The summed E-state index contributed by atoms with van der Waals surface area (Å²) in [5.74, 6) is 4.60. The van der Waals surface area contributed by atoms with Crippen molar-refractivity contribution in [2.75, 3.05) is 7.11 Å². The molecule has 2 rings (SSSR count). The Morgan fingerprint density at radius 2 is 1.94 bits per heavy atom. The molecule has 33 heavy (non-hydrogen) atoms. The molecule has 0 aliphatic rings. The smallest absolute Gasteiger partial charge is 0.408 e. The molecule has 1 aromatic heterocycles. The molecule has 1 amide bonds. The van der Waals surface area contributed by atoms with Crippen LogP contribution in [-0.2, 0) is 20.9 Å². The van der Waals surface area contributed by atoms with Gasteiger partial charge in [0.25, 0.3) is 0 Å². The van der Waals surface area contributed by atoms with Crippen molar-refractivity contribution in [3.63, 3.8) is 0 Å². The fourth-order valence-corrected chi connectivity index (χ4v) is 2.51. The van der Waals surface area contributed by atoms with E-state index in [9.17, 15) is 19.7 Å². The van der Waals surface area contributed by atoms with Gasteiger partial charge in [-0.1, -0.05) is 42.2 Å².